The van der Waals surface area contributed by atoms with E-state index in [1.54, 1.807) is 0 Å². The molecule has 0 aromatic carbocycles. The van der Waals surface area contributed by atoms with E-state index in [0.29, 0.717) is 31.7 Å². The normalized spacial score (nSPS) is 18.6. The number of nitrogens with one attached hydrogen (secondary N) is 2. The maximum atomic E-state index is 9.98. The predicted octanol–water partition coefficient (Wildman–Crippen LogP) is 1.23. The first-order chi connectivity index (χ1) is 11.5. The summed E-state index contributed by atoms with van der Waals surface area (Å²) in [6.07, 6.45) is 3.59. The van der Waals surface area contributed by atoms with Crippen LogP contribution in [0.2, 0.25) is 0 Å². The summed E-state index contributed by atoms with van der Waals surface area (Å²) in [7, 11) is 0. The van der Waals surface area contributed by atoms with Crippen LogP contribution >= 0.6 is 0 Å². The van der Waals surface area contributed by atoms with Crippen LogP contribution in [0.25, 0.3) is 0 Å². The van der Waals surface area contributed by atoms with Gasteiger partial charge in [0.25, 0.3) is 0 Å². The number of hydrogen-bond donors (Lipinski definition) is 3. The molecule has 140 valence electrons. The lowest BCUT2D eigenvalue weighted by Crippen LogP contribution is -2.49. The average Bonchev–Trinajstić information content (AvgIpc) is 2.54. The van der Waals surface area contributed by atoms with Crippen molar-refractivity contribution in [2.45, 2.75) is 45.8 Å². The Hall–Kier alpha value is -1.11. The van der Waals surface area contributed by atoms with Crippen LogP contribution < -0.4 is 10.6 Å². The van der Waals surface area contributed by atoms with Crippen molar-refractivity contribution in [2.75, 3.05) is 45.9 Å². The zero-order valence-electron chi connectivity index (χ0n) is 15.6. The average molecular weight is 341 g/mol. The lowest BCUT2D eigenvalue weighted by Gasteiger charge is -2.32. The summed E-state index contributed by atoms with van der Waals surface area (Å²) in [5, 5.41) is 16.7. The van der Waals surface area contributed by atoms with Crippen molar-refractivity contribution in [1.82, 2.24) is 15.5 Å². The Kier molecular flexibility index (Phi) is 10.7. The first-order valence-corrected chi connectivity index (χ1v) is 9.19. The van der Waals surface area contributed by atoms with Gasteiger partial charge in [-0.3, -0.25) is 9.89 Å². The molecule has 0 spiro atoms. The van der Waals surface area contributed by atoms with Gasteiger partial charge in [0.2, 0.25) is 0 Å². The highest BCUT2D eigenvalue weighted by Gasteiger charge is 2.19. The fraction of sp³-hybridized carbons (Fsp3) is 0.833. The second-order valence-electron chi connectivity index (χ2n) is 6.81. The third-order valence-electron chi connectivity index (χ3n) is 3.88. The van der Waals surface area contributed by atoms with E-state index in [4.69, 9.17) is 4.74 Å². The number of likely N-dealkylation sites (tertiary alicyclic amines) is 1. The quantitative estimate of drug-likeness (QED) is 0.317. The number of nitrogens with zero attached hydrogens (tertiary/aromatic N) is 2. The topological polar surface area (TPSA) is 69.1 Å². The van der Waals surface area contributed by atoms with E-state index in [0.717, 1.165) is 45.0 Å². The Bertz CT molecular complexity index is 366. The second-order valence-corrected chi connectivity index (χ2v) is 6.81. The van der Waals surface area contributed by atoms with Crippen LogP contribution in [0.5, 0.6) is 0 Å². The molecule has 1 atom stereocenters. The largest absolute Gasteiger partial charge is 0.389 e. The van der Waals surface area contributed by atoms with Crippen molar-refractivity contribution in [3.63, 3.8) is 0 Å². The van der Waals surface area contributed by atoms with Crippen LogP contribution in [0, 0.1) is 5.92 Å². The first kappa shape index (κ1) is 20.9. The minimum Gasteiger partial charge on any atom is -0.389 e. The summed E-state index contributed by atoms with van der Waals surface area (Å²) >= 11 is 0. The summed E-state index contributed by atoms with van der Waals surface area (Å²) < 4.78 is 5.46. The molecule has 0 amide bonds. The smallest absolute Gasteiger partial charge is 0.191 e. The Morgan fingerprint density at radius 3 is 2.67 bits per heavy atom. The molecule has 1 heterocycles. The maximum absolute atomic E-state index is 9.98. The van der Waals surface area contributed by atoms with Crippen molar-refractivity contribution in [1.29, 1.82) is 0 Å². The molecular formula is C18H36N4O2. The van der Waals surface area contributed by atoms with Crippen molar-refractivity contribution in [2.24, 2.45) is 10.9 Å². The summed E-state index contributed by atoms with van der Waals surface area (Å²) in [4.78, 5) is 6.90. The number of aliphatic hydroxyl groups excluding tert-OH is 1. The third kappa shape index (κ3) is 9.25. The molecule has 0 bridgehead atoms. The molecule has 0 aliphatic carbocycles. The predicted molar refractivity (Wildman–Crippen MR) is 100 cm³/mol. The van der Waals surface area contributed by atoms with E-state index in [1.165, 1.54) is 0 Å². The molecule has 0 aromatic heterocycles. The van der Waals surface area contributed by atoms with Gasteiger partial charge < -0.3 is 20.5 Å². The highest BCUT2D eigenvalue weighted by molar-refractivity contribution is 5.80. The molecule has 1 unspecified atom stereocenters. The van der Waals surface area contributed by atoms with Crippen LogP contribution in [0.15, 0.2) is 17.6 Å². The molecule has 1 aliphatic rings. The van der Waals surface area contributed by atoms with Crippen molar-refractivity contribution in [3.05, 3.63) is 12.7 Å². The summed E-state index contributed by atoms with van der Waals surface area (Å²) in [6.45, 7) is 15.3. The van der Waals surface area contributed by atoms with E-state index in [2.05, 4.69) is 41.0 Å². The SMILES string of the molecule is C=CCN1CCC(NC(=NCC(O)COCC(C)C)NCC)CC1. The molecule has 0 saturated carbocycles. The Morgan fingerprint density at radius 2 is 2.08 bits per heavy atom. The number of rotatable bonds is 10. The van der Waals surface area contributed by atoms with Gasteiger partial charge in [0.05, 0.1) is 19.3 Å². The van der Waals surface area contributed by atoms with Gasteiger partial charge in [-0.25, -0.2) is 0 Å². The van der Waals surface area contributed by atoms with Gasteiger partial charge in [0.1, 0.15) is 0 Å². The standard InChI is InChI=1S/C18H36N4O2/c1-5-9-22-10-7-16(8-11-22)21-18(19-6-2)20-12-17(23)14-24-13-15(3)4/h5,15-17,23H,1,6-14H2,2-4H3,(H2,19,20,21). The van der Waals surface area contributed by atoms with Crippen molar-refractivity contribution < 1.29 is 9.84 Å². The molecular weight excluding hydrogens is 304 g/mol. The van der Waals surface area contributed by atoms with Gasteiger partial charge in [-0.2, -0.15) is 0 Å². The van der Waals surface area contributed by atoms with E-state index >= 15 is 0 Å². The molecule has 0 radical (unpaired) electrons. The zero-order chi connectivity index (χ0) is 17.8. The van der Waals surface area contributed by atoms with Crippen LogP contribution in [0.4, 0.5) is 0 Å². The number of guanidine groups is 1. The van der Waals surface area contributed by atoms with E-state index in [-0.39, 0.29) is 0 Å². The summed E-state index contributed by atoms with van der Waals surface area (Å²) in [6, 6.07) is 0.429. The van der Waals surface area contributed by atoms with Gasteiger partial charge >= 0.3 is 0 Å². The fourth-order valence-electron chi connectivity index (χ4n) is 2.64. The van der Waals surface area contributed by atoms with Crippen LogP contribution in [-0.4, -0.2) is 74.0 Å². The van der Waals surface area contributed by atoms with Crippen LogP contribution in [0.3, 0.4) is 0 Å². The number of aliphatic hydroxyl groups is 1. The minimum absolute atomic E-state index is 0.334. The van der Waals surface area contributed by atoms with Gasteiger partial charge in [-0.15, -0.1) is 6.58 Å². The minimum atomic E-state index is -0.561. The summed E-state index contributed by atoms with van der Waals surface area (Å²) in [5.74, 6) is 1.26. The van der Waals surface area contributed by atoms with Crippen LogP contribution in [-0.2, 0) is 4.74 Å². The van der Waals surface area contributed by atoms with Gasteiger partial charge in [0, 0.05) is 38.8 Å². The fourth-order valence-corrected chi connectivity index (χ4v) is 2.64. The first-order valence-electron chi connectivity index (χ1n) is 9.19. The number of aliphatic imine (C=N–C) groups is 1. The molecule has 6 heteroatoms. The number of piperidine rings is 1. The van der Waals surface area contributed by atoms with E-state index < -0.39 is 6.10 Å². The highest BCUT2D eigenvalue weighted by Crippen LogP contribution is 2.09. The van der Waals surface area contributed by atoms with Crippen molar-refractivity contribution in [3.8, 4) is 0 Å². The molecule has 24 heavy (non-hydrogen) atoms. The molecule has 1 rings (SSSR count). The Labute approximate surface area is 147 Å². The highest BCUT2D eigenvalue weighted by atomic mass is 16.5. The molecule has 1 saturated heterocycles. The van der Waals surface area contributed by atoms with Gasteiger partial charge in [-0.05, 0) is 25.7 Å². The second kappa shape index (κ2) is 12.3. The Morgan fingerprint density at radius 1 is 1.38 bits per heavy atom. The molecule has 3 N–H and O–H groups in total. The molecule has 1 aliphatic heterocycles. The Balaban J connectivity index is 2.35. The molecule has 0 aromatic rings. The maximum Gasteiger partial charge on any atom is 0.191 e. The van der Waals surface area contributed by atoms with E-state index in [9.17, 15) is 5.11 Å². The van der Waals surface area contributed by atoms with Gasteiger partial charge in [0.15, 0.2) is 5.96 Å². The third-order valence-corrected chi connectivity index (χ3v) is 3.88. The van der Waals surface area contributed by atoms with Crippen LogP contribution in [0.1, 0.15) is 33.6 Å². The molecule has 6 nitrogen and oxygen atoms in total. The number of hydrogen-bond acceptors (Lipinski definition) is 4. The number of ether oxygens (including phenoxy) is 1. The lowest BCUT2D eigenvalue weighted by molar-refractivity contribution is 0.0301. The van der Waals surface area contributed by atoms with Crippen molar-refractivity contribution >= 4 is 5.96 Å². The summed E-state index contributed by atoms with van der Waals surface area (Å²) in [5.41, 5.74) is 0. The lowest BCUT2D eigenvalue weighted by atomic mass is 10.1. The monoisotopic (exact) mass is 340 g/mol. The van der Waals surface area contributed by atoms with E-state index in [1.807, 2.05) is 13.0 Å². The van der Waals surface area contributed by atoms with Gasteiger partial charge in [-0.1, -0.05) is 19.9 Å². The zero-order valence-corrected chi connectivity index (χ0v) is 15.6. The molecule has 1 fully saturated rings.